The summed E-state index contributed by atoms with van der Waals surface area (Å²) in [4.78, 5) is 17.0. The summed E-state index contributed by atoms with van der Waals surface area (Å²) in [5.74, 6) is 1.56. The molecule has 1 aromatic carbocycles. The standard InChI is InChI=1S/C17H27N3O3/c1-19(2)9-13-10-20(3)11-16(13)18-17(21)12-6-14(22-4)8-15(7-12)23-5/h6-8,13,16H,9-11H2,1-5H3,(H,18,21)/t13-,16-/m1/s1. The first kappa shape index (κ1) is 17.6. The molecule has 1 fully saturated rings. The van der Waals surface area contributed by atoms with E-state index in [0.29, 0.717) is 23.0 Å². The Bertz CT molecular complexity index is 526. The van der Waals surface area contributed by atoms with Crippen LogP contribution in [-0.2, 0) is 0 Å². The summed E-state index contributed by atoms with van der Waals surface area (Å²) < 4.78 is 10.5. The van der Waals surface area contributed by atoms with Crippen molar-refractivity contribution in [1.29, 1.82) is 0 Å². The van der Waals surface area contributed by atoms with E-state index in [1.165, 1.54) is 0 Å². The maximum atomic E-state index is 12.6. The predicted octanol–water partition coefficient (Wildman–Crippen LogP) is 0.925. The zero-order valence-electron chi connectivity index (χ0n) is 14.6. The highest BCUT2D eigenvalue weighted by Gasteiger charge is 2.32. The van der Waals surface area contributed by atoms with Crippen LogP contribution >= 0.6 is 0 Å². The SMILES string of the molecule is COc1cc(OC)cc(C(=O)N[C@@H]2CN(C)C[C@H]2CN(C)C)c1. The van der Waals surface area contributed by atoms with Gasteiger partial charge in [-0.25, -0.2) is 0 Å². The second kappa shape index (κ2) is 7.66. The number of likely N-dealkylation sites (N-methyl/N-ethyl adjacent to an activating group) is 1. The van der Waals surface area contributed by atoms with Crippen LogP contribution in [0.3, 0.4) is 0 Å². The topological polar surface area (TPSA) is 54.0 Å². The molecule has 0 saturated carbocycles. The van der Waals surface area contributed by atoms with Crippen molar-refractivity contribution in [2.24, 2.45) is 5.92 Å². The molecule has 1 heterocycles. The molecular formula is C17H27N3O3. The first-order valence-corrected chi connectivity index (χ1v) is 7.80. The molecule has 6 heteroatoms. The van der Waals surface area contributed by atoms with E-state index in [4.69, 9.17) is 9.47 Å². The number of carbonyl (C=O) groups is 1. The molecule has 0 aromatic heterocycles. The van der Waals surface area contributed by atoms with Gasteiger partial charge in [0.1, 0.15) is 11.5 Å². The van der Waals surface area contributed by atoms with Crippen molar-refractivity contribution < 1.29 is 14.3 Å². The normalized spacial score (nSPS) is 21.5. The second-order valence-corrected chi connectivity index (χ2v) is 6.42. The van der Waals surface area contributed by atoms with Crippen molar-refractivity contribution in [3.63, 3.8) is 0 Å². The number of methoxy groups -OCH3 is 2. The van der Waals surface area contributed by atoms with Crippen molar-refractivity contribution >= 4 is 5.91 Å². The second-order valence-electron chi connectivity index (χ2n) is 6.42. The molecule has 1 saturated heterocycles. The lowest BCUT2D eigenvalue weighted by Gasteiger charge is -2.23. The van der Waals surface area contributed by atoms with Gasteiger partial charge in [-0.05, 0) is 33.3 Å². The van der Waals surface area contributed by atoms with E-state index in [2.05, 4.69) is 36.3 Å². The third kappa shape index (κ3) is 4.59. The van der Waals surface area contributed by atoms with Gasteiger partial charge in [-0.1, -0.05) is 0 Å². The molecule has 1 aliphatic rings. The Kier molecular flexibility index (Phi) is 5.85. The van der Waals surface area contributed by atoms with Crippen LogP contribution in [0.5, 0.6) is 11.5 Å². The monoisotopic (exact) mass is 321 g/mol. The predicted molar refractivity (Wildman–Crippen MR) is 90.3 cm³/mol. The highest BCUT2D eigenvalue weighted by Crippen LogP contribution is 2.23. The van der Waals surface area contributed by atoms with Crippen LogP contribution in [0.15, 0.2) is 18.2 Å². The van der Waals surface area contributed by atoms with Crippen LogP contribution in [0.1, 0.15) is 10.4 Å². The fraction of sp³-hybridized carbons (Fsp3) is 0.588. The summed E-state index contributed by atoms with van der Waals surface area (Å²) in [5, 5.41) is 3.17. The summed E-state index contributed by atoms with van der Waals surface area (Å²) in [6, 6.07) is 5.37. The van der Waals surface area contributed by atoms with Crippen molar-refractivity contribution in [2.75, 3.05) is 55.0 Å². The maximum absolute atomic E-state index is 12.6. The number of hydrogen-bond donors (Lipinski definition) is 1. The average Bonchev–Trinajstić information content (AvgIpc) is 2.85. The number of nitrogens with zero attached hydrogens (tertiary/aromatic N) is 2. The number of benzene rings is 1. The largest absolute Gasteiger partial charge is 0.497 e. The molecule has 2 rings (SSSR count). The van der Waals surface area contributed by atoms with Crippen molar-refractivity contribution in [3.8, 4) is 11.5 Å². The van der Waals surface area contributed by atoms with Gasteiger partial charge in [0.15, 0.2) is 0 Å². The van der Waals surface area contributed by atoms with Gasteiger partial charge < -0.3 is 24.6 Å². The molecule has 0 unspecified atom stereocenters. The van der Waals surface area contributed by atoms with E-state index in [-0.39, 0.29) is 11.9 Å². The quantitative estimate of drug-likeness (QED) is 0.845. The molecular weight excluding hydrogens is 294 g/mol. The van der Waals surface area contributed by atoms with E-state index >= 15 is 0 Å². The van der Waals surface area contributed by atoms with Crippen LogP contribution in [0.2, 0.25) is 0 Å². The number of likely N-dealkylation sites (tertiary alicyclic amines) is 1. The zero-order valence-corrected chi connectivity index (χ0v) is 14.6. The molecule has 1 aliphatic heterocycles. The molecule has 6 nitrogen and oxygen atoms in total. The summed E-state index contributed by atoms with van der Waals surface area (Å²) in [6.45, 7) is 2.81. The maximum Gasteiger partial charge on any atom is 0.251 e. The molecule has 128 valence electrons. The van der Waals surface area contributed by atoms with E-state index in [0.717, 1.165) is 19.6 Å². The van der Waals surface area contributed by atoms with E-state index in [9.17, 15) is 4.79 Å². The lowest BCUT2D eigenvalue weighted by Crippen LogP contribution is -2.43. The van der Waals surface area contributed by atoms with Crippen molar-refractivity contribution in [1.82, 2.24) is 15.1 Å². The van der Waals surface area contributed by atoms with E-state index in [1.807, 2.05) is 0 Å². The fourth-order valence-electron chi connectivity index (χ4n) is 3.09. The Morgan fingerprint density at radius 2 is 1.83 bits per heavy atom. The zero-order chi connectivity index (χ0) is 17.0. The summed E-state index contributed by atoms with van der Waals surface area (Å²) in [6.07, 6.45) is 0. The van der Waals surface area contributed by atoms with Crippen LogP contribution < -0.4 is 14.8 Å². The highest BCUT2D eigenvalue weighted by atomic mass is 16.5. The van der Waals surface area contributed by atoms with Crippen molar-refractivity contribution in [2.45, 2.75) is 6.04 Å². The van der Waals surface area contributed by atoms with Crippen LogP contribution in [0.4, 0.5) is 0 Å². The molecule has 0 spiro atoms. The van der Waals surface area contributed by atoms with Crippen LogP contribution in [0.25, 0.3) is 0 Å². The Labute approximate surface area is 138 Å². The van der Waals surface area contributed by atoms with Crippen molar-refractivity contribution in [3.05, 3.63) is 23.8 Å². The Balaban J connectivity index is 2.11. The molecule has 1 aromatic rings. The fourth-order valence-corrected chi connectivity index (χ4v) is 3.09. The summed E-state index contributed by atoms with van der Waals surface area (Å²) in [5.41, 5.74) is 0.555. The Morgan fingerprint density at radius 3 is 2.35 bits per heavy atom. The number of amides is 1. The molecule has 0 bridgehead atoms. The number of rotatable bonds is 6. The molecule has 0 aliphatic carbocycles. The van der Waals surface area contributed by atoms with Gasteiger partial charge in [0.25, 0.3) is 5.91 Å². The third-order valence-corrected chi connectivity index (χ3v) is 4.15. The minimum atomic E-state index is -0.0914. The lowest BCUT2D eigenvalue weighted by molar-refractivity contribution is 0.0926. The van der Waals surface area contributed by atoms with Gasteiger partial charge in [-0.2, -0.15) is 0 Å². The average molecular weight is 321 g/mol. The number of hydrogen-bond acceptors (Lipinski definition) is 5. The smallest absolute Gasteiger partial charge is 0.251 e. The van der Waals surface area contributed by atoms with Crippen LogP contribution in [-0.4, -0.2) is 76.7 Å². The first-order valence-electron chi connectivity index (χ1n) is 7.80. The minimum Gasteiger partial charge on any atom is -0.497 e. The van der Waals surface area contributed by atoms with Gasteiger partial charge in [0.2, 0.25) is 0 Å². The molecule has 0 radical (unpaired) electrons. The van der Waals surface area contributed by atoms with Gasteiger partial charge in [-0.3, -0.25) is 4.79 Å². The minimum absolute atomic E-state index is 0.0914. The lowest BCUT2D eigenvalue weighted by atomic mass is 10.0. The Hall–Kier alpha value is -1.79. The van der Waals surface area contributed by atoms with Gasteiger partial charge in [-0.15, -0.1) is 0 Å². The van der Waals surface area contributed by atoms with Crippen LogP contribution in [0, 0.1) is 5.92 Å². The summed E-state index contributed by atoms with van der Waals surface area (Å²) >= 11 is 0. The number of carbonyl (C=O) groups excluding carboxylic acids is 1. The highest BCUT2D eigenvalue weighted by molar-refractivity contribution is 5.95. The number of nitrogens with one attached hydrogen (secondary N) is 1. The molecule has 23 heavy (non-hydrogen) atoms. The van der Waals surface area contributed by atoms with Gasteiger partial charge in [0, 0.05) is 43.2 Å². The molecule has 1 N–H and O–H groups in total. The van der Waals surface area contributed by atoms with Gasteiger partial charge >= 0.3 is 0 Å². The summed E-state index contributed by atoms with van der Waals surface area (Å²) in [7, 11) is 9.36. The van der Waals surface area contributed by atoms with Gasteiger partial charge in [0.05, 0.1) is 14.2 Å². The molecule has 2 atom stereocenters. The van der Waals surface area contributed by atoms with E-state index < -0.39 is 0 Å². The van der Waals surface area contributed by atoms with E-state index in [1.54, 1.807) is 32.4 Å². The number of ether oxygens (including phenoxy) is 2. The molecule has 1 amide bonds. The third-order valence-electron chi connectivity index (χ3n) is 4.15. The Morgan fingerprint density at radius 1 is 1.22 bits per heavy atom. The first-order chi connectivity index (χ1) is 10.9.